The van der Waals surface area contributed by atoms with Crippen LogP contribution in [0.5, 0.6) is 0 Å². The number of carbonyl (C=O) groups is 1. The third-order valence-electron chi connectivity index (χ3n) is 5.83. The monoisotopic (exact) mass is 463 g/mol. The van der Waals surface area contributed by atoms with Crippen molar-refractivity contribution in [3.8, 4) is 0 Å². The molecule has 0 aliphatic heterocycles. The van der Waals surface area contributed by atoms with Gasteiger partial charge in [0.1, 0.15) is 0 Å². The largest absolute Gasteiger partial charge is 0.399 e. The van der Waals surface area contributed by atoms with Gasteiger partial charge in [0.25, 0.3) is 0 Å². The topological polar surface area (TPSA) is 83.3 Å². The molecular formula is C26H30ClN5O. The van der Waals surface area contributed by atoms with Crippen molar-refractivity contribution in [1.29, 1.82) is 0 Å². The molecule has 0 aliphatic carbocycles. The number of anilines is 3. The molecule has 0 fully saturated rings. The summed E-state index contributed by atoms with van der Waals surface area (Å²) in [5.74, 6) is -0.0289. The fourth-order valence-electron chi connectivity index (χ4n) is 3.82. The van der Waals surface area contributed by atoms with Crippen LogP contribution in [0.15, 0.2) is 60.7 Å². The second-order valence-electron chi connectivity index (χ2n) is 8.39. The Labute approximate surface area is 200 Å². The van der Waals surface area contributed by atoms with E-state index in [2.05, 4.69) is 10.6 Å². The van der Waals surface area contributed by atoms with E-state index in [9.17, 15) is 4.79 Å². The van der Waals surface area contributed by atoms with Crippen molar-refractivity contribution < 1.29 is 4.79 Å². The fourth-order valence-corrected chi connectivity index (χ4v) is 3.82. The Balaban J connectivity index is 0.00000306. The second kappa shape index (κ2) is 10.1. The molecule has 0 aliphatic rings. The number of nitrogen functional groups attached to an aromatic ring is 1. The van der Waals surface area contributed by atoms with E-state index in [4.69, 9.17) is 10.7 Å². The zero-order valence-electron chi connectivity index (χ0n) is 19.3. The van der Waals surface area contributed by atoms with E-state index in [1.807, 2.05) is 93.5 Å². The third-order valence-corrected chi connectivity index (χ3v) is 5.83. The highest BCUT2D eigenvalue weighted by atomic mass is 35.5. The normalized spacial score (nSPS) is 11.9. The highest BCUT2D eigenvalue weighted by Gasteiger charge is 2.17. The summed E-state index contributed by atoms with van der Waals surface area (Å²) in [5, 5.41) is 8.53. The van der Waals surface area contributed by atoms with Crippen LogP contribution in [0.3, 0.4) is 0 Å². The molecule has 1 amide bonds. The minimum atomic E-state index is -0.0607. The number of aromatic nitrogens is 1. The van der Waals surface area contributed by atoms with Crippen molar-refractivity contribution in [2.24, 2.45) is 0 Å². The fraction of sp³-hybridized carbons (Fsp3) is 0.231. The molecule has 4 aromatic rings. The molecule has 0 radical (unpaired) electrons. The van der Waals surface area contributed by atoms with Crippen LogP contribution in [0, 0.1) is 6.92 Å². The Morgan fingerprint density at radius 2 is 1.76 bits per heavy atom. The van der Waals surface area contributed by atoms with Gasteiger partial charge >= 0.3 is 0 Å². The molecule has 0 bridgehead atoms. The standard InChI is InChI=1S/C26H29N5O.ClH/c1-16-12-13-18(27)14-24(16)30-23-11-7-10-22-26(23)20(15-25(32)28-17(2)31(3)4)19-8-5-6-9-21(19)29-22;/h5-14,17,30H,15,27H2,1-4H3,(H,28,32);1H. The number of benzene rings is 3. The lowest BCUT2D eigenvalue weighted by molar-refractivity contribution is -0.121. The number of nitrogens with zero attached hydrogens (tertiary/aromatic N) is 2. The number of hydrogen-bond acceptors (Lipinski definition) is 5. The molecule has 0 spiro atoms. The number of nitrogens with one attached hydrogen (secondary N) is 2. The Morgan fingerprint density at radius 3 is 2.52 bits per heavy atom. The van der Waals surface area contributed by atoms with Gasteiger partial charge in [-0.3, -0.25) is 9.69 Å². The maximum Gasteiger partial charge on any atom is 0.225 e. The molecule has 3 aromatic carbocycles. The highest BCUT2D eigenvalue weighted by Crippen LogP contribution is 2.34. The molecule has 33 heavy (non-hydrogen) atoms. The van der Waals surface area contributed by atoms with Gasteiger partial charge in [0.05, 0.1) is 23.6 Å². The summed E-state index contributed by atoms with van der Waals surface area (Å²) in [6.45, 7) is 4.01. The predicted molar refractivity (Wildman–Crippen MR) is 140 cm³/mol. The summed E-state index contributed by atoms with van der Waals surface area (Å²) in [5.41, 5.74) is 12.3. The minimum Gasteiger partial charge on any atom is -0.399 e. The molecule has 4 N–H and O–H groups in total. The summed E-state index contributed by atoms with van der Waals surface area (Å²) in [4.78, 5) is 19.8. The second-order valence-corrected chi connectivity index (χ2v) is 8.39. The first kappa shape index (κ1) is 24.3. The maximum absolute atomic E-state index is 13.0. The van der Waals surface area contributed by atoms with Crippen LogP contribution in [0.25, 0.3) is 21.8 Å². The Hall–Kier alpha value is -3.35. The summed E-state index contributed by atoms with van der Waals surface area (Å²) in [6, 6.07) is 19.8. The Kier molecular flexibility index (Phi) is 7.41. The lowest BCUT2D eigenvalue weighted by Crippen LogP contribution is -2.43. The van der Waals surface area contributed by atoms with Crippen molar-refractivity contribution in [3.63, 3.8) is 0 Å². The Morgan fingerprint density at radius 1 is 1.03 bits per heavy atom. The van der Waals surface area contributed by atoms with Gasteiger partial charge in [0.2, 0.25) is 5.91 Å². The van der Waals surface area contributed by atoms with Gasteiger partial charge in [0, 0.05) is 27.8 Å². The predicted octanol–water partition coefficient (Wildman–Crippen LogP) is 5.01. The molecule has 1 aromatic heterocycles. The molecule has 1 atom stereocenters. The number of para-hydroxylation sites is 1. The van der Waals surface area contributed by atoms with Gasteiger partial charge in [-0.15, -0.1) is 12.4 Å². The van der Waals surface area contributed by atoms with Gasteiger partial charge < -0.3 is 16.4 Å². The maximum atomic E-state index is 13.0. The first-order valence-corrected chi connectivity index (χ1v) is 10.7. The average Bonchev–Trinajstić information content (AvgIpc) is 2.76. The minimum absolute atomic E-state index is 0. The molecule has 6 nitrogen and oxygen atoms in total. The summed E-state index contributed by atoms with van der Waals surface area (Å²) >= 11 is 0. The zero-order chi connectivity index (χ0) is 22.8. The van der Waals surface area contributed by atoms with Crippen LogP contribution >= 0.6 is 12.4 Å². The van der Waals surface area contributed by atoms with E-state index in [0.29, 0.717) is 5.69 Å². The molecule has 1 unspecified atom stereocenters. The molecule has 7 heteroatoms. The number of halogens is 1. The van der Waals surface area contributed by atoms with Crippen LogP contribution in [0.1, 0.15) is 18.1 Å². The van der Waals surface area contributed by atoms with Crippen LogP contribution in [0.4, 0.5) is 17.1 Å². The van der Waals surface area contributed by atoms with E-state index >= 15 is 0 Å². The van der Waals surface area contributed by atoms with Gasteiger partial charge in [-0.1, -0.05) is 30.3 Å². The Bertz CT molecular complexity index is 1300. The van der Waals surface area contributed by atoms with Crippen LogP contribution in [0.2, 0.25) is 0 Å². The average molecular weight is 464 g/mol. The molecule has 0 saturated carbocycles. The van der Waals surface area contributed by atoms with E-state index < -0.39 is 0 Å². The summed E-state index contributed by atoms with van der Waals surface area (Å²) in [6.07, 6.45) is 0.196. The van der Waals surface area contributed by atoms with Gasteiger partial charge in [-0.25, -0.2) is 4.98 Å². The summed E-state index contributed by atoms with van der Waals surface area (Å²) in [7, 11) is 3.89. The first-order chi connectivity index (χ1) is 15.3. The van der Waals surface area contributed by atoms with E-state index in [1.165, 1.54) is 0 Å². The van der Waals surface area contributed by atoms with Crippen molar-refractivity contribution >= 4 is 57.2 Å². The molecular weight excluding hydrogens is 434 g/mol. The molecule has 1 heterocycles. The van der Waals surface area contributed by atoms with Gasteiger partial charge in [-0.05, 0) is 69.4 Å². The van der Waals surface area contributed by atoms with Gasteiger partial charge in [-0.2, -0.15) is 0 Å². The molecule has 0 saturated heterocycles. The van der Waals surface area contributed by atoms with E-state index in [1.54, 1.807) is 0 Å². The number of amides is 1. The van der Waals surface area contributed by atoms with Crippen molar-refractivity contribution in [2.45, 2.75) is 26.4 Å². The van der Waals surface area contributed by atoms with Crippen molar-refractivity contribution in [3.05, 3.63) is 71.8 Å². The van der Waals surface area contributed by atoms with Crippen molar-refractivity contribution in [1.82, 2.24) is 15.2 Å². The molecule has 172 valence electrons. The smallest absolute Gasteiger partial charge is 0.225 e. The number of aryl methyl sites for hydroxylation is 1. The quantitative estimate of drug-likeness (QED) is 0.213. The number of pyridine rings is 1. The number of rotatable bonds is 6. The number of fused-ring (bicyclic) bond motifs is 2. The molecule has 4 rings (SSSR count). The summed E-state index contributed by atoms with van der Waals surface area (Å²) < 4.78 is 0. The lowest BCUT2D eigenvalue weighted by atomic mass is 9.98. The number of nitrogens with two attached hydrogens (primary N) is 1. The van der Waals surface area contributed by atoms with E-state index in [-0.39, 0.29) is 30.9 Å². The van der Waals surface area contributed by atoms with Crippen LogP contribution in [-0.4, -0.2) is 36.1 Å². The zero-order valence-corrected chi connectivity index (χ0v) is 20.2. The highest BCUT2D eigenvalue weighted by molar-refractivity contribution is 6.06. The SMILES string of the molecule is Cc1ccc(N)cc1Nc1cccc2nc3ccccc3c(CC(=O)NC(C)N(C)C)c12.Cl. The third kappa shape index (κ3) is 5.18. The van der Waals surface area contributed by atoms with E-state index in [0.717, 1.165) is 44.3 Å². The number of carbonyl (C=O) groups excluding carboxylic acids is 1. The van der Waals surface area contributed by atoms with Crippen molar-refractivity contribution in [2.75, 3.05) is 25.1 Å². The first-order valence-electron chi connectivity index (χ1n) is 10.7. The number of hydrogen-bond donors (Lipinski definition) is 3. The lowest BCUT2D eigenvalue weighted by Gasteiger charge is -2.22. The van der Waals surface area contributed by atoms with Gasteiger partial charge in [0.15, 0.2) is 0 Å². The van der Waals surface area contributed by atoms with Crippen LogP contribution < -0.4 is 16.4 Å². The van der Waals surface area contributed by atoms with Crippen LogP contribution in [-0.2, 0) is 11.2 Å².